The van der Waals surface area contributed by atoms with Crippen LogP contribution in [0.4, 0.5) is 5.69 Å². The molecule has 1 aromatic carbocycles. The summed E-state index contributed by atoms with van der Waals surface area (Å²) in [6.45, 7) is 4.40. The summed E-state index contributed by atoms with van der Waals surface area (Å²) in [6, 6.07) is 12.2. The topological polar surface area (TPSA) is 124 Å². The third-order valence-electron chi connectivity index (χ3n) is 5.54. The van der Waals surface area contributed by atoms with E-state index in [2.05, 4.69) is 27.6 Å². The summed E-state index contributed by atoms with van der Waals surface area (Å²) in [5.74, 6) is 1.24. The number of rotatable bonds is 10. The number of ether oxygens (including phenoxy) is 1. The largest absolute Gasteiger partial charge is 0.453 e. The number of anilines is 1. The van der Waals surface area contributed by atoms with Crippen molar-refractivity contribution in [2.45, 2.75) is 39.8 Å². The van der Waals surface area contributed by atoms with Gasteiger partial charge in [-0.15, -0.1) is 0 Å². The number of carbonyl (C=O) groups is 2. The normalized spacial score (nSPS) is 11.0. The predicted molar refractivity (Wildman–Crippen MR) is 132 cm³/mol. The highest BCUT2D eigenvalue weighted by molar-refractivity contribution is 6.02. The van der Waals surface area contributed by atoms with Crippen LogP contribution in [0, 0.1) is 6.92 Å². The standard InChI is InChI=1S/C26H29N5O5/c1-5-6-19-13-22(31(3)30-19)24(32)27-14-21-16(2)35-26(29-21)17-7-9-18(10-8-17)28-25(33)23-12-11-20(36-23)15-34-4/h7-13H,5-6,14-15H2,1-4H3,(H,27,32)(H,28,33). The van der Waals surface area contributed by atoms with Crippen LogP contribution >= 0.6 is 0 Å². The van der Waals surface area contributed by atoms with Gasteiger partial charge in [0, 0.05) is 25.4 Å². The molecule has 0 saturated carbocycles. The number of hydrogen-bond donors (Lipinski definition) is 2. The molecule has 0 fully saturated rings. The number of hydrogen-bond acceptors (Lipinski definition) is 7. The van der Waals surface area contributed by atoms with Crippen LogP contribution in [-0.2, 0) is 31.4 Å². The summed E-state index contributed by atoms with van der Waals surface area (Å²) in [5.41, 5.74) is 3.37. The molecule has 4 aromatic rings. The van der Waals surface area contributed by atoms with Gasteiger partial charge in [0.1, 0.15) is 29.5 Å². The first kappa shape index (κ1) is 24.9. The summed E-state index contributed by atoms with van der Waals surface area (Å²) in [6.07, 6.45) is 1.79. The number of methoxy groups -OCH3 is 1. The molecule has 10 nitrogen and oxygen atoms in total. The van der Waals surface area contributed by atoms with Crippen molar-refractivity contribution in [2.24, 2.45) is 7.05 Å². The molecule has 0 aliphatic heterocycles. The van der Waals surface area contributed by atoms with Crippen LogP contribution in [0.3, 0.4) is 0 Å². The molecule has 0 aliphatic carbocycles. The van der Waals surface area contributed by atoms with Crippen molar-refractivity contribution in [1.29, 1.82) is 0 Å². The van der Waals surface area contributed by atoms with Gasteiger partial charge in [-0.25, -0.2) is 4.98 Å². The lowest BCUT2D eigenvalue weighted by atomic mass is 10.2. The molecule has 188 valence electrons. The van der Waals surface area contributed by atoms with Crippen molar-refractivity contribution >= 4 is 17.5 Å². The maximum absolute atomic E-state index is 12.6. The number of amides is 2. The van der Waals surface area contributed by atoms with Crippen LogP contribution in [0.2, 0.25) is 0 Å². The van der Waals surface area contributed by atoms with Crippen LogP contribution in [0.15, 0.2) is 51.3 Å². The minimum absolute atomic E-state index is 0.203. The Kier molecular flexibility index (Phi) is 7.65. The first-order chi connectivity index (χ1) is 17.4. The van der Waals surface area contributed by atoms with Crippen molar-refractivity contribution in [3.05, 3.63) is 76.8 Å². The van der Waals surface area contributed by atoms with Crippen LogP contribution < -0.4 is 10.6 Å². The van der Waals surface area contributed by atoms with Gasteiger partial charge in [-0.1, -0.05) is 13.3 Å². The molecule has 0 unspecified atom stereocenters. The van der Waals surface area contributed by atoms with E-state index in [0.717, 1.165) is 24.1 Å². The summed E-state index contributed by atoms with van der Waals surface area (Å²) >= 11 is 0. The quantitative estimate of drug-likeness (QED) is 0.340. The predicted octanol–water partition coefficient (Wildman–Crippen LogP) is 4.26. The van der Waals surface area contributed by atoms with Crippen molar-refractivity contribution < 1.29 is 23.2 Å². The lowest BCUT2D eigenvalue weighted by Gasteiger charge is -2.04. The Balaban J connectivity index is 1.37. The molecule has 2 N–H and O–H groups in total. The highest BCUT2D eigenvalue weighted by atomic mass is 16.5. The van der Waals surface area contributed by atoms with E-state index in [0.29, 0.717) is 41.1 Å². The minimum atomic E-state index is -0.356. The van der Waals surface area contributed by atoms with Gasteiger partial charge < -0.3 is 24.2 Å². The van der Waals surface area contributed by atoms with Gasteiger partial charge in [0.05, 0.1) is 12.2 Å². The molecule has 0 aliphatic rings. The van der Waals surface area contributed by atoms with Gasteiger partial charge in [0.2, 0.25) is 5.89 Å². The smallest absolute Gasteiger partial charge is 0.291 e. The molecule has 0 spiro atoms. The molecular formula is C26H29N5O5. The van der Waals surface area contributed by atoms with Crippen molar-refractivity contribution in [3.8, 4) is 11.5 Å². The molecular weight excluding hydrogens is 462 g/mol. The van der Waals surface area contributed by atoms with E-state index in [1.807, 2.05) is 6.07 Å². The minimum Gasteiger partial charge on any atom is -0.453 e. The van der Waals surface area contributed by atoms with Crippen molar-refractivity contribution in [2.75, 3.05) is 12.4 Å². The SMILES string of the molecule is CCCc1cc(C(=O)NCc2nc(-c3ccc(NC(=O)c4ccc(COC)o4)cc3)oc2C)n(C)n1. The fourth-order valence-electron chi connectivity index (χ4n) is 3.70. The van der Waals surface area contributed by atoms with Crippen molar-refractivity contribution in [3.63, 3.8) is 0 Å². The maximum Gasteiger partial charge on any atom is 0.291 e. The summed E-state index contributed by atoms with van der Waals surface area (Å²) < 4.78 is 17.9. The number of furan rings is 1. The second kappa shape index (κ2) is 11.0. The first-order valence-corrected chi connectivity index (χ1v) is 11.6. The second-order valence-electron chi connectivity index (χ2n) is 8.33. The summed E-state index contributed by atoms with van der Waals surface area (Å²) in [5, 5.41) is 10.1. The Hall–Kier alpha value is -4.18. The van der Waals surface area contributed by atoms with E-state index in [1.165, 1.54) is 0 Å². The zero-order chi connectivity index (χ0) is 25.7. The molecule has 10 heteroatoms. The Morgan fingerprint density at radius 2 is 1.86 bits per heavy atom. The molecule has 3 aromatic heterocycles. The Bertz CT molecular complexity index is 1350. The van der Waals surface area contributed by atoms with E-state index < -0.39 is 0 Å². The Morgan fingerprint density at radius 1 is 1.08 bits per heavy atom. The number of benzene rings is 1. The molecule has 3 heterocycles. The summed E-state index contributed by atoms with van der Waals surface area (Å²) in [4.78, 5) is 29.6. The maximum atomic E-state index is 12.6. The number of oxazole rings is 1. The van der Waals surface area contributed by atoms with E-state index in [9.17, 15) is 9.59 Å². The molecule has 4 rings (SSSR count). The molecule has 0 atom stereocenters. The fraction of sp³-hybridized carbons (Fsp3) is 0.308. The highest BCUT2D eigenvalue weighted by Crippen LogP contribution is 2.24. The van der Waals surface area contributed by atoms with E-state index >= 15 is 0 Å². The second-order valence-corrected chi connectivity index (χ2v) is 8.33. The van der Waals surface area contributed by atoms with Gasteiger partial charge in [0.25, 0.3) is 11.8 Å². The van der Waals surface area contributed by atoms with Gasteiger partial charge >= 0.3 is 0 Å². The van der Waals surface area contributed by atoms with E-state index in [1.54, 1.807) is 62.2 Å². The van der Waals surface area contributed by atoms with Gasteiger partial charge in [0.15, 0.2) is 5.76 Å². The zero-order valence-electron chi connectivity index (χ0n) is 20.8. The van der Waals surface area contributed by atoms with E-state index in [4.69, 9.17) is 13.6 Å². The molecule has 0 bridgehead atoms. The van der Waals surface area contributed by atoms with Gasteiger partial charge in [-0.2, -0.15) is 5.10 Å². The highest BCUT2D eigenvalue weighted by Gasteiger charge is 2.17. The lowest BCUT2D eigenvalue weighted by molar-refractivity contribution is 0.0939. The fourth-order valence-corrected chi connectivity index (χ4v) is 3.70. The molecule has 0 radical (unpaired) electrons. The number of carbonyl (C=O) groups excluding carboxylic acids is 2. The van der Waals surface area contributed by atoms with E-state index in [-0.39, 0.29) is 24.1 Å². The Labute approximate surface area is 208 Å². The molecule has 0 saturated heterocycles. The monoisotopic (exact) mass is 491 g/mol. The number of aryl methyl sites for hydroxylation is 3. The van der Waals surface area contributed by atoms with Crippen LogP contribution in [-0.4, -0.2) is 33.7 Å². The first-order valence-electron chi connectivity index (χ1n) is 11.6. The number of nitrogens with one attached hydrogen (secondary N) is 2. The average Bonchev–Trinajstić information content (AvgIpc) is 3.57. The molecule has 36 heavy (non-hydrogen) atoms. The third-order valence-corrected chi connectivity index (χ3v) is 5.54. The van der Waals surface area contributed by atoms with Crippen molar-refractivity contribution in [1.82, 2.24) is 20.1 Å². The molecule has 2 amide bonds. The number of nitrogens with zero attached hydrogens (tertiary/aromatic N) is 3. The Morgan fingerprint density at radius 3 is 2.58 bits per heavy atom. The number of aromatic nitrogens is 3. The lowest BCUT2D eigenvalue weighted by Crippen LogP contribution is -2.25. The van der Waals surface area contributed by atoms with Gasteiger partial charge in [-0.3, -0.25) is 14.3 Å². The zero-order valence-corrected chi connectivity index (χ0v) is 20.8. The third kappa shape index (κ3) is 5.72. The van der Waals surface area contributed by atoms with Crippen LogP contribution in [0.1, 0.15) is 57.3 Å². The van der Waals surface area contributed by atoms with Crippen LogP contribution in [0.25, 0.3) is 11.5 Å². The summed E-state index contributed by atoms with van der Waals surface area (Å²) in [7, 11) is 3.32. The van der Waals surface area contributed by atoms with Gasteiger partial charge in [-0.05, 0) is 55.8 Å². The average molecular weight is 492 g/mol. The van der Waals surface area contributed by atoms with Crippen LogP contribution in [0.5, 0.6) is 0 Å².